The molecule has 0 N–H and O–H groups in total. The van der Waals surface area contributed by atoms with Crippen molar-refractivity contribution in [1.29, 1.82) is 0 Å². The molecule has 0 spiro atoms. The van der Waals surface area contributed by atoms with E-state index in [-0.39, 0.29) is 15.1 Å². The lowest BCUT2D eigenvalue weighted by molar-refractivity contribution is -0.0509. The van der Waals surface area contributed by atoms with E-state index in [9.17, 15) is 4.79 Å². The smallest absolute Gasteiger partial charge is 0.351 e. The van der Waals surface area contributed by atoms with E-state index in [1.165, 1.54) is 21.9 Å². The van der Waals surface area contributed by atoms with Gasteiger partial charge in [0.15, 0.2) is 37.0 Å². The van der Waals surface area contributed by atoms with E-state index in [1.54, 1.807) is 12.3 Å². The van der Waals surface area contributed by atoms with E-state index in [0.717, 1.165) is 0 Å². The molecule has 1 saturated heterocycles. The van der Waals surface area contributed by atoms with Crippen LogP contribution < -0.4 is 5.69 Å². The molecule has 1 fully saturated rings. The topological polar surface area (TPSA) is 103 Å². The van der Waals surface area contributed by atoms with Crippen LogP contribution in [0.2, 0.25) is 54.4 Å². The summed E-state index contributed by atoms with van der Waals surface area (Å²) in [6.07, 6.45) is 2.54. The van der Waals surface area contributed by atoms with Gasteiger partial charge in [-0.2, -0.15) is 10.1 Å². The SMILES string of the molecule is CC(C)(C)[Si](C)(C)OC[C@H]1O[C@@H](n2ccc(-n3cncn3)nc2=O)C(O[Si](C)(C)C(C)(C)C)[C@H]1O[Si](C)(C)C(C)(C)C. The van der Waals surface area contributed by atoms with Crippen molar-refractivity contribution in [3.63, 3.8) is 0 Å². The first-order chi connectivity index (χ1) is 18.9. The van der Waals surface area contributed by atoms with Gasteiger partial charge in [-0.05, 0) is 60.5 Å². The fourth-order valence-corrected chi connectivity index (χ4v) is 7.54. The standard InChI is InChI=1S/C29H55N5O5Si3/c1-27(2,3)40(10,11)36-18-21-23(38-41(12,13)28(4,5)6)24(39-42(14,15)29(7,8)9)25(37-21)33-17-16-22(32-26(33)35)34-20-30-19-31-34/h16-17,19-21,23-25H,18H2,1-15H3/t21-,23+,24?,25-/m1/s1. The number of ether oxygens (including phenoxy) is 1. The monoisotopic (exact) mass is 637 g/mol. The van der Waals surface area contributed by atoms with Gasteiger partial charge in [0.2, 0.25) is 0 Å². The maximum absolute atomic E-state index is 13.5. The second kappa shape index (κ2) is 11.8. The average Bonchev–Trinajstić information content (AvgIpc) is 3.45. The zero-order valence-corrected chi connectivity index (χ0v) is 31.6. The highest BCUT2D eigenvalue weighted by Gasteiger charge is 2.55. The Bertz CT molecular complexity index is 1260. The van der Waals surface area contributed by atoms with Crippen LogP contribution in [0, 0.1) is 0 Å². The van der Waals surface area contributed by atoms with Crippen molar-refractivity contribution in [3.05, 3.63) is 35.4 Å². The molecule has 3 rings (SSSR count). The van der Waals surface area contributed by atoms with Gasteiger partial charge in [0, 0.05) is 6.20 Å². The summed E-state index contributed by atoms with van der Waals surface area (Å²) in [6, 6.07) is 1.74. The lowest BCUT2D eigenvalue weighted by Gasteiger charge is -2.44. The van der Waals surface area contributed by atoms with Crippen molar-refractivity contribution < 1.29 is 18.0 Å². The normalized spacial score (nSPS) is 23.0. The van der Waals surface area contributed by atoms with Crippen LogP contribution >= 0.6 is 0 Å². The Morgan fingerprint density at radius 2 is 1.36 bits per heavy atom. The number of aromatic nitrogens is 5. The van der Waals surface area contributed by atoms with E-state index in [0.29, 0.717) is 12.4 Å². The van der Waals surface area contributed by atoms with Crippen molar-refractivity contribution >= 4 is 25.0 Å². The molecule has 1 aliphatic rings. The van der Waals surface area contributed by atoms with Gasteiger partial charge in [0.1, 0.15) is 31.0 Å². The van der Waals surface area contributed by atoms with Crippen LogP contribution in [0.15, 0.2) is 29.7 Å². The first-order valence-electron chi connectivity index (χ1n) is 15.0. The van der Waals surface area contributed by atoms with Gasteiger partial charge < -0.3 is 18.0 Å². The molecule has 1 aliphatic heterocycles. The molecule has 0 aromatic carbocycles. The molecule has 0 saturated carbocycles. The molecule has 1 unspecified atom stereocenters. The molecular weight excluding hydrogens is 583 g/mol. The summed E-state index contributed by atoms with van der Waals surface area (Å²) in [5.74, 6) is 0.389. The maximum atomic E-state index is 13.5. The minimum atomic E-state index is -2.33. The Labute approximate surface area is 255 Å². The van der Waals surface area contributed by atoms with Crippen LogP contribution in [0.1, 0.15) is 68.5 Å². The molecule has 2 aromatic heterocycles. The Morgan fingerprint density at radius 1 is 0.833 bits per heavy atom. The molecule has 0 radical (unpaired) electrons. The minimum absolute atomic E-state index is 0.0325. The summed E-state index contributed by atoms with van der Waals surface area (Å²) < 4.78 is 30.8. The third-order valence-electron chi connectivity index (χ3n) is 9.92. The highest BCUT2D eigenvalue weighted by molar-refractivity contribution is 6.75. The molecule has 0 aliphatic carbocycles. The Morgan fingerprint density at radius 3 is 1.81 bits per heavy atom. The molecule has 4 atom stereocenters. The Kier molecular flexibility index (Phi) is 9.82. The van der Waals surface area contributed by atoms with Crippen molar-refractivity contribution in [2.75, 3.05) is 6.61 Å². The van der Waals surface area contributed by atoms with Gasteiger partial charge in [-0.1, -0.05) is 62.3 Å². The summed E-state index contributed by atoms with van der Waals surface area (Å²) in [5, 5.41) is 4.06. The molecule has 0 bridgehead atoms. The molecule has 0 amide bonds. The van der Waals surface area contributed by atoms with E-state index < -0.39 is 55.2 Å². The van der Waals surface area contributed by atoms with E-state index in [4.69, 9.17) is 18.0 Å². The van der Waals surface area contributed by atoms with Crippen LogP contribution in [0.25, 0.3) is 5.82 Å². The molecule has 3 heterocycles. The lowest BCUT2D eigenvalue weighted by atomic mass is 10.1. The van der Waals surface area contributed by atoms with Crippen LogP contribution in [0.4, 0.5) is 0 Å². The summed E-state index contributed by atoms with van der Waals surface area (Å²) in [7, 11) is -6.72. The second-order valence-electron chi connectivity index (χ2n) is 16.1. The molecule has 10 nitrogen and oxygen atoms in total. The summed E-state index contributed by atoms with van der Waals surface area (Å²) in [6.45, 7) is 33.8. The fraction of sp³-hybridized carbons (Fsp3) is 0.793. The molecule has 42 heavy (non-hydrogen) atoms. The Hall–Kier alpha value is -1.49. The lowest BCUT2D eigenvalue weighted by Crippen LogP contribution is -2.54. The predicted octanol–water partition coefficient (Wildman–Crippen LogP) is 6.52. The maximum Gasteiger partial charge on any atom is 0.351 e. The quantitative estimate of drug-likeness (QED) is 0.286. The highest BCUT2D eigenvalue weighted by Crippen LogP contribution is 2.46. The van der Waals surface area contributed by atoms with Crippen LogP contribution in [0.5, 0.6) is 0 Å². The molecule has 2 aromatic rings. The van der Waals surface area contributed by atoms with E-state index in [2.05, 4.69) is 117 Å². The van der Waals surface area contributed by atoms with Crippen LogP contribution in [-0.2, 0) is 18.0 Å². The first-order valence-corrected chi connectivity index (χ1v) is 23.7. The van der Waals surface area contributed by atoms with Crippen LogP contribution in [0.3, 0.4) is 0 Å². The van der Waals surface area contributed by atoms with Gasteiger partial charge in [-0.15, -0.1) is 0 Å². The van der Waals surface area contributed by atoms with Gasteiger partial charge >= 0.3 is 5.69 Å². The molecular formula is C29H55N5O5Si3. The summed E-state index contributed by atoms with van der Waals surface area (Å²) >= 11 is 0. The van der Waals surface area contributed by atoms with Gasteiger partial charge in [0.05, 0.1) is 6.61 Å². The third-order valence-corrected chi connectivity index (χ3v) is 23.4. The highest BCUT2D eigenvalue weighted by atomic mass is 28.4. The van der Waals surface area contributed by atoms with Gasteiger partial charge in [-0.25, -0.2) is 14.5 Å². The van der Waals surface area contributed by atoms with Crippen molar-refractivity contribution in [2.45, 2.75) is 141 Å². The van der Waals surface area contributed by atoms with Crippen LogP contribution in [-0.4, -0.2) is 74.2 Å². The summed E-state index contributed by atoms with van der Waals surface area (Å²) in [4.78, 5) is 21.8. The number of nitrogens with zero attached hydrogens (tertiary/aromatic N) is 5. The third kappa shape index (κ3) is 7.41. The zero-order chi connectivity index (χ0) is 32.1. The number of hydrogen-bond acceptors (Lipinski definition) is 8. The summed E-state index contributed by atoms with van der Waals surface area (Å²) in [5.41, 5.74) is -0.450. The second-order valence-corrected chi connectivity index (χ2v) is 30.5. The molecule has 13 heteroatoms. The van der Waals surface area contributed by atoms with E-state index in [1.807, 2.05) is 0 Å². The predicted molar refractivity (Wildman–Crippen MR) is 175 cm³/mol. The minimum Gasteiger partial charge on any atom is -0.414 e. The van der Waals surface area contributed by atoms with Crippen molar-refractivity contribution in [1.82, 2.24) is 24.3 Å². The average molecular weight is 638 g/mol. The van der Waals surface area contributed by atoms with Crippen molar-refractivity contribution in [3.8, 4) is 5.82 Å². The number of rotatable bonds is 9. The fourth-order valence-electron chi connectivity index (χ4n) is 3.93. The largest absolute Gasteiger partial charge is 0.414 e. The zero-order valence-electron chi connectivity index (χ0n) is 28.6. The molecule has 238 valence electrons. The van der Waals surface area contributed by atoms with E-state index >= 15 is 0 Å². The van der Waals surface area contributed by atoms with Crippen molar-refractivity contribution in [2.24, 2.45) is 0 Å². The van der Waals surface area contributed by atoms with Gasteiger partial charge in [-0.3, -0.25) is 4.57 Å². The number of hydrogen-bond donors (Lipinski definition) is 0. The first kappa shape index (κ1) is 35.0. The van der Waals surface area contributed by atoms with Gasteiger partial charge in [0.25, 0.3) is 0 Å². The Balaban J connectivity index is 2.13.